The highest BCUT2D eigenvalue weighted by Gasteiger charge is 2.54. The van der Waals surface area contributed by atoms with Crippen molar-refractivity contribution in [2.24, 2.45) is 5.92 Å². The number of para-hydroxylation sites is 1. The van der Waals surface area contributed by atoms with Crippen LogP contribution in [0.2, 0.25) is 0 Å². The largest absolute Gasteiger partial charge is 0.341 e. The van der Waals surface area contributed by atoms with Crippen LogP contribution in [-0.4, -0.2) is 77.4 Å². The summed E-state index contributed by atoms with van der Waals surface area (Å²) in [5.74, 6) is 0.643. The second-order valence-electron chi connectivity index (χ2n) is 10.3. The molecule has 2 aromatic carbocycles. The Bertz CT molecular complexity index is 1120. The summed E-state index contributed by atoms with van der Waals surface area (Å²) in [6.45, 7) is 5.22. The van der Waals surface area contributed by atoms with Crippen LogP contribution in [0.1, 0.15) is 43.0 Å². The first kappa shape index (κ1) is 24.8. The first-order valence-electron chi connectivity index (χ1n) is 12.8. The second kappa shape index (κ2) is 10.2. The van der Waals surface area contributed by atoms with Gasteiger partial charge in [0, 0.05) is 36.3 Å². The monoisotopic (exact) mass is 552 g/mol. The van der Waals surface area contributed by atoms with Crippen molar-refractivity contribution in [3.05, 3.63) is 64.6 Å². The van der Waals surface area contributed by atoms with E-state index >= 15 is 0 Å². The molecule has 3 aliphatic rings. The van der Waals surface area contributed by atoms with Crippen molar-refractivity contribution in [1.82, 2.24) is 14.7 Å². The van der Waals surface area contributed by atoms with E-state index in [-0.39, 0.29) is 24.3 Å². The third kappa shape index (κ3) is 4.63. The van der Waals surface area contributed by atoms with Gasteiger partial charge in [0.2, 0.25) is 5.91 Å². The molecule has 0 unspecified atom stereocenters. The Kier molecular flexibility index (Phi) is 7.06. The van der Waals surface area contributed by atoms with Crippen molar-refractivity contribution in [2.75, 3.05) is 44.3 Å². The lowest BCUT2D eigenvalue weighted by Gasteiger charge is -2.43. The van der Waals surface area contributed by atoms with Gasteiger partial charge in [0.05, 0.1) is 12.2 Å². The number of rotatable bonds is 4. The van der Waals surface area contributed by atoms with Gasteiger partial charge in [-0.05, 0) is 71.8 Å². The van der Waals surface area contributed by atoms with E-state index in [0.717, 1.165) is 36.1 Å². The van der Waals surface area contributed by atoms with Gasteiger partial charge in [-0.25, -0.2) is 0 Å². The van der Waals surface area contributed by atoms with Crippen molar-refractivity contribution in [3.63, 3.8) is 0 Å². The van der Waals surface area contributed by atoms with E-state index in [2.05, 4.69) is 27.8 Å². The molecule has 7 nitrogen and oxygen atoms in total. The predicted molar refractivity (Wildman–Crippen MR) is 142 cm³/mol. The van der Waals surface area contributed by atoms with E-state index in [1.165, 1.54) is 0 Å². The Hall–Kier alpha value is -2.87. The quantitative estimate of drug-likeness (QED) is 0.575. The zero-order valence-electron chi connectivity index (χ0n) is 20.7. The van der Waals surface area contributed by atoms with Gasteiger partial charge in [0.25, 0.3) is 11.8 Å². The lowest BCUT2D eigenvalue weighted by Crippen LogP contribution is -2.57. The maximum atomic E-state index is 13.9. The number of benzene rings is 2. The van der Waals surface area contributed by atoms with Crippen LogP contribution in [0.4, 0.5) is 5.69 Å². The van der Waals surface area contributed by atoms with E-state index in [1.807, 2.05) is 64.4 Å². The first-order valence-corrected chi connectivity index (χ1v) is 13.6. The Labute approximate surface area is 221 Å². The molecule has 5 rings (SSSR count). The topological polar surface area (TPSA) is 64.2 Å². The van der Waals surface area contributed by atoms with Crippen molar-refractivity contribution < 1.29 is 14.4 Å². The Morgan fingerprint density at radius 2 is 1.56 bits per heavy atom. The van der Waals surface area contributed by atoms with Crippen LogP contribution in [-0.2, 0) is 9.59 Å². The van der Waals surface area contributed by atoms with Gasteiger partial charge in [0.1, 0.15) is 12.1 Å². The van der Waals surface area contributed by atoms with Gasteiger partial charge in [-0.2, -0.15) is 0 Å². The Morgan fingerprint density at radius 1 is 0.917 bits per heavy atom. The van der Waals surface area contributed by atoms with Gasteiger partial charge in [-0.1, -0.05) is 37.3 Å². The summed E-state index contributed by atoms with van der Waals surface area (Å²) in [7, 11) is 0. The second-order valence-corrected chi connectivity index (χ2v) is 11.1. The molecule has 0 aromatic heterocycles. The number of hydrogen-bond acceptors (Lipinski definition) is 4. The Morgan fingerprint density at radius 3 is 2.22 bits per heavy atom. The number of carbonyl (C=O) groups is 3. The molecule has 3 amide bonds. The highest BCUT2D eigenvalue weighted by molar-refractivity contribution is 9.10. The predicted octanol–water partition coefficient (Wildman–Crippen LogP) is 3.99. The number of carbonyl (C=O) groups excluding carboxylic acids is 3. The van der Waals surface area contributed by atoms with Gasteiger partial charge < -0.3 is 19.6 Å². The van der Waals surface area contributed by atoms with Crippen molar-refractivity contribution >= 4 is 39.3 Å². The van der Waals surface area contributed by atoms with Gasteiger partial charge in [-0.15, -0.1) is 0 Å². The molecular weight excluding hydrogens is 520 g/mol. The van der Waals surface area contributed by atoms with Gasteiger partial charge in [0.15, 0.2) is 0 Å². The summed E-state index contributed by atoms with van der Waals surface area (Å²) in [5, 5.41) is 0. The fraction of sp³-hybridized carbons (Fsp3) is 0.464. The molecule has 8 heteroatoms. The minimum atomic E-state index is -0.747. The SMILES string of the molecule is CC1CCN(C(=O)CN2CN(c3ccccc3)C3(CCN(C(=O)c4ccccc4Br)CC3)C2=O)CC1. The summed E-state index contributed by atoms with van der Waals surface area (Å²) in [6, 6.07) is 17.4. The number of anilines is 1. The molecule has 3 heterocycles. The van der Waals surface area contributed by atoms with E-state index in [1.54, 1.807) is 4.90 Å². The molecule has 0 radical (unpaired) electrons. The summed E-state index contributed by atoms with van der Waals surface area (Å²) >= 11 is 3.49. The average molecular weight is 554 g/mol. The lowest BCUT2D eigenvalue weighted by molar-refractivity contribution is -0.141. The molecule has 1 spiro atoms. The first-order chi connectivity index (χ1) is 17.4. The molecule has 0 aliphatic carbocycles. The van der Waals surface area contributed by atoms with E-state index in [9.17, 15) is 14.4 Å². The Balaban J connectivity index is 1.34. The number of nitrogens with zero attached hydrogens (tertiary/aromatic N) is 4. The van der Waals surface area contributed by atoms with Crippen LogP contribution in [0.15, 0.2) is 59.1 Å². The van der Waals surface area contributed by atoms with E-state index in [0.29, 0.717) is 44.1 Å². The van der Waals surface area contributed by atoms with Crippen LogP contribution in [0, 0.1) is 5.92 Å². The summed E-state index contributed by atoms with van der Waals surface area (Å²) in [4.78, 5) is 47.9. The molecule has 0 saturated carbocycles. The molecule has 36 heavy (non-hydrogen) atoms. The van der Waals surface area contributed by atoms with E-state index in [4.69, 9.17) is 0 Å². The van der Waals surface area contributed by atoms with Crippen LogP contribution < -0.4 is 4.90 Å². The molecule has 0 N–H and O–H groups in total. The summed E-state index contributed by atoms with van der Waals surface area (Å²) in [6.07, 6.45) is 3.09. The maximum absolute atomic E-state index is 13.9. The minimum absolute atomic E-state index is 0.00179. The molecule has 3 saturated heterocycles. The zero-order chi connectivity index (χ0) is 25.3. The smallest absolute Gasteiger partial charge is 0.255 e. The zero-order valence-corrected chi connectivity index (χ0v) is 22.3. The van der Waals surface area contributed by atoms with E-state index < -0.39 is 5.54 Å². The van der Waals surface area contributed by atoms with Crippen molar-refractivity contribution in [2.45, 2.75) is 38.1 Å². The van der Waals surface area contributed by atoms with Gasteiger partial charge >= 0.3 is 0 Å². The molecule has 3 fully saturated rings. The van der Waals surface area contributed by atoms with Crippen molar-refractivity contribution in [1.29, 1.82) is 0 Å². The molecule has 0 bridgehead atoms. The lowest BCUT2D eigenvalue weighted by atomic mass is 9.85. The fourth-order valence-electron chi connectivity index (χ4n) is 5.73. The van der Waals surface area contributed by atoms with Crippen LogP contribution in [0.25, 0.3) is 0 Å². The fourth-order valence-corrected chi connectivity index (χ4v) is 6.18. The molecule has 0 atom stereocenters. The summed E-state index contributed by atoms with van der Waals surface area (Å²) in [5.41, 5.74) is 0.857. The third-order valence-corrected chi connectivity index (χ3v) is 8.72. The minimum Gasteiger partial charge on any atom is -0.341 e. The molecule has 190 valence electrons. The number of piperidine rings is 2. The van der Waals surface area contributed by atoms with Gasteiger partial charge in [-0.3, -0.25) is 14.4 Å². The maximum Gasteiger partial charge on any atom is 0.255 e. The van der Waals surface area contributed by atoms with Crippen molar-refractivity contribution in [3.8, 4) is 0 Å². The molecule has 2 aromatic rings. The third-order valence-electron chi connectivity index (χ3n) is 8.03. The van der Waals surface area contributed by atoms with Crippen LogP contribution >= 0.6 is 15.9 Å². The highest BCUT2D eigenvalue weighted by Crippen LogP contribution is 2.40. The molecule has 3 aliphatic heterocycles. The molecular formula is C28H33BrN4O3. The summed E-state index contributed by atoms with van der Waals surface area (Å²) < 4.78 is 0.773. The number of likely N-dealkylation sites (tertiary alicyclic amines) is 2. The number of hydrogen-bond donors (Lipinski definition) is 0. The standard InChI is InChI=1S/C28H33BrN4O3/c1-21-11-15-30(16-12-21)25(34)19-32-20-33(22-7-3-2-4-8-22)28(27(32)36)13-17-31(18-14-28)26(35)23-9-5-6-10-24(23)29/h2-10,21H,11-20H2,1H3. The number of halogens is 1. The average Bonchev–Trinajstić information content (AvgIpc) is 3.16. The normalized spacial score (nSPS) is 20.3. The van der Waals surface area contributed by atoms with Crippen LogP contribution in [0.3, 0.4) is 0 Å². The highest BCUT2D eigenvalue weighted by atomic mass is 79.9. The number of amides is 3. The van der Waals surface area contributed by atoms with Crippen LogP contribution in [0.5, 0.6) is 0 Å².